The van der Waals surface area contributed by atoms with Crippen molar-refractivity contribution in [3.05, 3.63) is 29.6 Å². The molecule has 3 heteroatoms. The summed E-state index contributed by atoms with van der Waals surface area (Å²) >= 11 is 1.24. The third-order valence-corrected chi connectivity index (χ3v) is 2.11. The molecule has 1 aromatic rings. The monoisotopic (exact) mass is 172 g/mol. The van der Waals surface area contributed by atoms with Crippen molar-refractivity contribution in [2.45, 2.75) is 11.8 Å². The first-order valence-electron chi connectivity index (χ1n) is 3.21. The summed E-state index contributed by atoms with van der Waals surface area (Å²) < 4.78 is 17.4. The minimum Gasteiger partial charge on any atom is -0.314 e. The Morgan fingerprint density at radius 1 is 1.45 bits per heavy atom. The molecule has 0 amide bonds. The molecule has 0 heterocycles. The van der Waals surface area contributed by atoms with E-state index < -0.39 is 0 Å². The van der Waals surface area contributed by atoms with Gasteiger partial charge in [0, 0.05) is 16.9 Å². The van der Waals surface area contributed by atoms with Crippen molar-refractivity contribution in [2.75, 3.05) is 7.11 Å². The molecule has 0 unspecified atom stereocenters. The summed E-state index contributed by atoms with van der Waals surface area (Å²) in [6, 6.07) is 4.62. The van der Waals surface area contributed by atoms with Gasteiger partial charge in [0.15, 0.2) is 0 Å². The third kappa shape index (κ3) is 2.20. The van der Waals surface area contributed by atoms with Crippen molar-refractivity contribution < 1.29 is 8.57 Å². The number of hydrogen-bond acceptors (Lipinski definition) is 2. The molecule has 0 saturated carbocycles. The molecule has 11 heavy (non-hydrogen) atoms. The predicted molar refractivity (Wildman–Crippen MR) is 44.0 cm³/mol. The molecule has 0 spiro atoms. The molecule has 0 aromatic heterocycles. The van der Waals surface area contributed by atoms with E-state index in [0.717, 1.165) is 10.5 Å². The van der Waals surface area contributed by atoms with Crippen LogP contribution in [0.25, 0.3) is 0 Å². The van der Waals surface area contributed by atoms with E-state index in [9.17, 15) is 4.39 Å². The Morgan fingerprint density at radius 3 is 2.73 bits per heavy atom. The highest BCUT2D eigenvalue weighted by Gasteiger charge is 1.99. The van der Waals surface area contributed by atoms with Crippen LogP contribution in [0.15, 0.2) is 23.1 Å². The minimum atomic E-state index is -0.206. The Hall–Kier alpha value is -0.540. The van der Waals surface area contributed by atoms with Gasteiger partial charge in [0.25, 0.3) is 0 Å². The van der Waals surface area contributed by atoms with Gasteiger partial charge in [0.05, 0.1) is 7.11 Å². The molecular formula is C8H9FOS. The predicted octanol–water partition coefficient (Wildman–Crippen LogP) is 2.79. The van der Waals surface area contributed by atoms with Crippen LogP contribution in [-0.4, -0.2) is 7.11 Å². The Labute approximate surface area is 69.8 Å². The zero-order valence-electron chi connectivity index (χ0n) is 6.43. The lowest BCUT2D eigenvalue weighted by Gasteiger charge is -2.01. The van der Waals surface area contributed by atoms with E-state index >= 15 is 0 Å². The maximum absolute atomic E-state index is 12.5. The molecule has 0 aliphatic rings. The summed E-state index contributed by atoms with van der Waals surface area (Å²) in [7, 11) is 1.59. The highest BCUT2D eigenvalue weighted by molar-refractivity contribution is 7.94. The SMILES string of the molecule is COSc1ccc(F)cc1C. The second-order valence-electron chi connectivity index (χ2n) is 2.16. The fourth-order valence-corrected chi connectivity index (χ4v) is 1.29. The van der Waals surface area contributed by atoms with Gasteiger partial charge in [0.1, 0.15) is 5.82 Å². The fourth-order valence-electron chi connectivity index (χ4n) is 0.796. The molecule has 0 bridgehead atoms. The highest BCUT2D eigenvalue weighted by atomic mass is 32.2. The van der Waals surface area contributed by atoms with Crippen LogP contribution >= 0.6 is 12.0 Å². The zero-order chi connectivity index (χ0) is 8.27. The van der Waals surface area contributed by atoms with Crippen LogP contribution in [0.5, 0.6) is 0 Å². The second kappa shape index (κ2) is 3.74. The average molecular weight is 172 g/mol. The Kier molecular flexibility index (Phi) is 2.91. The van der Waals surface area contributed by atoms with E-state index in [4.69, 9.17) is 4.18 Å². The summed E-state index contributed by atoms with van der Waals surface area (Å²) in [4.78, 5) is 0.953. The van der Waals surface area contributed by atoms with Crippen molar-refractivity contribution >= 4 is 12.0 Å². The van der Waals surface area contributed by atoms with E-state index in [-0.39, 0.29) is 5.82 Å². The van der Waals surface area contributed by atoms with Crippen LogP contribution in [0, 0.1) is 12.7 Å². The van der Waals surface area contributed by atoms with Crippen LogP contribution in [0.4, 0.5) is 4.39 Å². The van der Waals surface area contributed by atoms with Crippen molar-refractivity contribution in [3.63, 3.8) is 0 Å². The molecule has 0 radical (unpaired) electrons. The molecule has 0 N–H and O–H groups in total. The topological polar surface area (TPSA) is 9.23 Å². The first-order valence-corrected chi connectivity index (χ1v) is 3.95. The van der Waals surface area contributed by atoms with Gasteiger partial charge in [-0.25, -0.2) is 4.39 Å². The van der Waals surface area contributed by atoms with E-state index in [1.165, 1.54) is 24.2 Å². The maximum Gasteiger partial charge on any atom is 0.123 e. The molecule has 0 aliphatic heterocycles. The lowest BCUT2D eigenvalue weighted by atomic mass is 10.2. The minimum absolute atomic E-state index is 0.206. The van der Waals surface area contributed by atoms with Crippen LogP contribution in [0.3, 0.4) is 0 Å². The van der Waals surface area contributed by atoms with Crippen molar-refractivity contribution in [2.24, 2.45) is 0 Å². The number of aryl methyl sites for hydroxylation is 1. The van der Waals surface area contributed by atoms with Crippen LogP contribution in [0.2, 0.25) is 0 Å². The Bertz CT molecular complexity index is 250. The molecule has 1 aromatic carbocycles. The summed E-state index contributed by atoms with van der Waals surface area (Å²) in [5, 5.41) is 0. The molecule has 0 fully saturated rings. The van der Waals surface area contributed by atoms with Gasteiger partial charge < -0.3 is 4.18 Å². The molecule has 1 nitrogen and oxygen atoms in total. The van der Waals surface area contributed by atoms with Gasteiger partial charge >= 0.3 is 0 Å². The standard InChI is InChI=1S/C8H9FOS/c1-6-5-7(9)3-4-8(6)11-10-2/h3-5H,1-2H3. The van der Waals surface area contributed by atoms with Gasteiger partial charge in [-0.3, -0.25) is 0 Å². The molecule has 60 valence electrons. The smallest absolute Gasteiger partial charge is 0.123 e. The summed E-state index contributed by atoms with van der Waals surface area (Å²) in [5.41, 5.74) is 0.900. The molecule has 0 atom stereocenters. The molecule has 0 aliphatic carbocycles. The van der Waals surface area contributed by atoms with Crippen LogP contribution < -0.4 is 0 Å². The molecule has 0 saturated heterocycles. The van der Waals surface area contributed by atoms with Crippen molar-refractivity contribution in [1.29, 1.82) is 0 Å². The van der Waals surface area contributed by atoms with E-state index in [1.54, 1.807) is 13.2 Å². The first kappa shape index (κ1) is 8.56. The van der Waals surface area contributed by atoms with Gasteiger partial charge in [-0.2, -0.15) is 0 Å². The number of benzene rings is 1. The third-order valence-electron chi connectivity index (χ3n) is 1.31. The number of halogens is 1. The van der Waals surface area contributed by atoms with Gasteiger partial charge in [-0.15, -0.1) is 0 Å². The Balaban J connectivity index is 2.90. The lowest BCUT2D eigenvalue weighted by Crippen LogP contribution is -1.81. The summed E-state index contributed by atoms with van der Waals surface area (Å²) in [5.74, 6) is -0.206. The van der Waals surface area contributed by atoms with E-state index in [1.807, 2.05) is 6.92 Å². The van der Waals surface area contributed by atoms with Crippen LogP contribution in [-0.2, 0) is 4.18 Å². The quantitative estimate of drug-likeness (QED) is 0.634. The number of hydrogen-bond donors (Lipinski definition) is 0. The fraction of sp³-hybridized carbons (Fsp3) is 0.250. The highest BCUT2D eigenvalue weighted by Crippen LogP contribution is 2.22. The first-order chi connectivity index (χ1) is 5.24. The summed E-state index contributed by atoms with van der Waals surface area (Å²) in [6.07, 6.45) is 0. The zero-order valence-corrected chi connectivity index (χ0v) is 7.24. The van der Waals surface area contributed by atoms with Gasteiger partial charge in [0.2, 0.25) is 0 Å². The molecular weight excluding hydrogens is 163 g/mol. The van der Waals surface area contributed by atoms with Gasteiger partial charge in [-0.05, 0) is 30.7 Å². The Morgan fingerprint density at radius 2 is 2.18 bits per heavy atom. The summed E-state index contributed by atoms with van der Waals surface area (Å²) in [6.45, 7) is 1.85. The van der Waals surface area contributed by atoms with E-state index in [0.29, 0.717) is 0 Å². The van der Waals surface area contributed by atoms with E-state index in [2.05, 4.69) is 0 Å². The van der Waals surface area contributed by atoms with Gasteiger partial charge in [-0.1, -0.05) is 0 Å². The number of rotatable bonds is 2. The van der Waals surface area contributed by atoms with Crippen molar-refractivity contribution in [3.8, 4) is 0 Å². The maximum atomic E-state index is 12.5. The largest absolute Gasteiger partial charge is 0.314 e. The average Bonchev–Trinajstić information content (AvgIpc) is 1.95. The second-order valence-corrected chi connectivity index (χ2v) is 3.10. The lowest BCUT2D eigenvalue weighted by molar-refractivity contribution is 0.489. The van der Waals surface area contributed by atoms with Crippen molar-refractivity contribution in [1.82, 2.24) is 0 Å². The molecule has 1 rings (SSSR count). The normalized spacial score (nSPS) is 10.1. The van der Waals surface area contributed by atoms with Crippen LogP contribution in [0.1, 0.15) is 5.56 Å².